The number of carbonyl (C=O) groups excluding carboxylic acids is 1. The minimum absolute atomic E-state index is 0.00932. The Morgan fingerprint density at radius 1 is 1.00 bits per heavy atom. The van der Waals surface area contributed by atoms with Gasteiger partial charge in [-0.2, -0.15) is 13.2 Å². The van der Waals surface area contributed by atoms with Gasteiger partial charge in [-0.05, 0) is 0 Å². The van der Waals surface area contributed by atoms with E-state index in [-0.39, 0.29) is 13.2 Å². The second-order valence-electron chi connectivity index (χ2n) is 3.66. The number of rotatable bonds is 12. The third kappa shape index (κ3) is 15.2. The van der Waals surface area contributed by atoms with Crippen molar-refractivity contribution in [1.29, 1.82) is 0 Å². The van der Waals surface area contributed by atoms with Crippen molar-refractivity contribution in [2.45, 2.75) is 6.18 Å². The molecule has 20 heavy (non-hydrogen) atoms. The standard InChI is InChI=1S/C11H20F3NO5/c1-17-2-3-18-4-5-19-6-7-20-10(16)8-15-9-11(12,13)14/h15H,2-9H2,1H3. The molecule has 0 radical (unpaired) electrons. The predicted molar refractivity (Wildman–Crippen MR) is 63.4 cm³/mol. The fraction of sp³-hybridized carbons (Fsp3) is 0.909. The molecule has 0 unspecified atom stereocenters. The van der Waals surface area contributed by atoms with Crippen LogP contribution in [-0.4, -0.2) is 72.0 Å². The van der Waals surface area contributed by atoms with Crippen molar-refractivity contribution < 1.29 is 36.9 Å². The van der Waals surface area contributed by atoms with Gasteiger partial charge in [0.2, 0.25) is 0 Å². The molecule has 120 valence electrons. The summed E-state index contributed by atoms with van der Waals surface area (Å²) in [6, 6.07) is 0. The highest BCUT2D eigenvalue weighted by atomic mass is 19.4. The lowest BCUT2D eigenvalue weighted by molar-refractivity contribution is -0.146. The lowest BCUT2D eigenvalue weighted by atomic mass is 10.5. The first kappa shape index (κ1) is 19.1. The predicted octanol–water partition coefficient (Wildman–Crippen LogP) is 0.361. The third-order valence-electron chi connectivity index (χ3n) is 1.89. The van der Waals surface area contributed by atoms with Crippen LogP contribution in [0.25, 0.3) is 0 Å². The van der Waals surface area contributed by atoms with Gasteiger partial charge < -0.3 is 18.9 Å². The number of carbonyl (C=O) groups is 1. The normalized spacial score (nSPS) is 11.6. The van der Waals surface area contributed by atoms with Crippen molar-refractivity contribution >= 4 is 5.97 Å². The zero-order chi connectivity index (χ0) is 15.3. The SMILES string of the molecule is COCCOCCOCCOC(=O)CNCC(F)(F)F. The van der Waals surface area contributed by atoms with Gasteiger partial charge in [0.1, 0.15) is 6.61 Å². The van der Waals surface area contributed by atoms with Gasteiger partial charge in [0.25, 0.3) is 0 Å². The fourth-order valence-electron chi connectivity index (χ4n) is 1.04. The smallest absolute Gasteiger partial charge is 0.401 e. The molecule has 0 aliphatic carbocycles. The Labute approximate surface area is 115 Å². The fourth-order valence-corrected chi connectivity index (χ4v) is 1.04. The molecular weight excluding hydrogens is 283 g/mol. The van der Waals surface area contributed by atoms with E-state index >= 15 is 0 Å². The van der Waals surface area contributed by atoms with E-state index in [0.717, 1.165) is 0 Å². The van der Waals surface area contributed by atoms with Crippen LogP contribution in [0.2, 0.25) is 0 Å². The van der Waals surface area contributed by atoms with E-state index < -0.39 is 25.2 Å². The van der Waals surface area contributed by atoms with Crippen molar-refractivity contribution in [3.05, 3.63) is 0 Å². The number of esters is 1. The summed E-state index contributed by atoms with van der Waals surface area (Å²) in [5, 5.41) is 1.93. The van der Waals surface area contributed by atoms with Crippen LogP contribution in [0, 0.1) is 0 Å². The first-order valence-corrected chi connectivity index (χ1v) is 6.03. The van der Waals surface area contributed by atoms with E-state index in [2.05, 4.69) is 4.74 Å². The van der Waals surface area contributed by atoms with Gasteiger partial charge in [-0.15, -0.1) is 0 Å². The Bertz CT molecular complexity index is 251. The Kier molecular flexibility index (Phi) is 11.4. The first-order valence-electron chi connectivity index (χ1n) is 6.03. The van der Waals surface area contributed by atoms with Crippen molar-refractivity contribution in [2.24, 2.45) is 0 Å². The van der Waals surface area contributed by atoms with Crippen LogP contribution >= 0.6 is 0 Å². The van der Waals surface area contributed by atoms with Gasteiger partial charge in [-0.25, -0.2) is 0 Å². The second kappa shape index (κ2) is 11.9. The lowest BCUT2D eigenvalue weighted by Crippen LogP contribution is -2.33. The Balaban J connectivity index is 3.23. The molecule has 0 atom stereocenters. The van der Waals surface area contributed by atoms with E-state index in [4.69, 9.17) is 14.2 Å². The summed E-state index contributed by atoms with van der Waals surface area (Å²) in [6.45, 7) is 0.153. The molecule has 0 saturated carbocycles. The second-order valence-corrected chi connectivity index (χ2v) is 3.66. The minimum Gasteiger partial charge on any atom is -0.462 e. The summed E-state index contributed by atoms with van der Waals surface area (Å²) >= 11 is 0. The molecule has 0 aromatic rings. The van der Waals surface area contributed by atoms with Crippen LogP contribution in [0.5, 0.6) is 0 Å². The molecule has 0 saturated heterocycles. The minimum atomic E-state index is -4.34. The molecule has 1 N–H and O–H groups in total. The van der Waals surface area contributed by atoms with E-state index in [1.807, 2.05) is 5.32 Å². The van der Waals surface area contributed by atoms with Gasteiger partial charge in [0.05, 0.1) is 46.1 Å². The summed E-state index contributed by atoms with van der Waals surface area (Å²) in [5.74, 6) is -0.755. The number of hydrogen-bond donors (Lipinski definition) is 1. The number of ether oxygens (including phenoxy) is 4. The van der Waals surface area contributed by atoms with Gasteiger partial charge in [-0.1, -0.05) is 0 Å². The Morgan fingerprint density at radius 3 is 2.10 bits per heavy atom. The van der Waals surface area contributed by atoms with Gasteiger partial charge in [0, 0.05) is 7.11 Å². The average molecular weight is 303 g/mol. The Hall–Kier alpha value is -0.900. The zero-order valence-electron chi connectivity index (χ0n) is 11.3. The first-order chi connectivity index (χ1) is 9.45. The van der Waals surface area contributed by atoms with Crippen molar-refractivity contribution in [1.82, 2.24) is 5.32 Å². The Morgan fingerprint density at radius 2 is 1.55 bits per heavy atom. The number of alkyl halides is 3. The van der Waals surface area contributed by atoms with Crippen LogP contribution in [0.4, 0.5) is 13.2 Å². The van der Waals surface area contributed by atoms with Crippen LogP contribution in [0.15, 0.2) is 0 Å². The zero-order valence-corrected chi connectivity index (χ0v) is 11.3. The van der Waals surface area contributed by atoms with Crippen molar-refractivity contribution in [2.75, 3.05) is 59.8 Å². The monoisotopic (exact) mass is 303 g/mol. The molecule has 0 heterocycles. The number of halogens is 3. The maximum atomic E-state index is 11.8. The quantitative estimate of drug-likeness (QED) is 0.415. The van der Waals surface area contributed by atoms with E-state index in [9.17, 15) is 18.0 Å². The molecule has 0 spiro atoms. The number of methoxy groups -OCH3 is 1. The molecule has 0 rings (SSSR count). The molecule has 0 amide bonds. The highest BCUT2D eigenvalue weighted by Gasteiger charge is 2.26. The summed E-state index contributed by atoms with van der Waals surface area (Å²) in [7, 11) is 1.57. The van der Waals surface area contributed by atoms with Crippen LogP contribution < -0.4 is 5.32 Å². The maximum Gasteiger partial charge on any atom is 0.401 e. The number of nitrogens with one attached hydrogen (secondary N) is 1. The van der Waals surface area contributed by atoms with Gasteiger partial charge in [-0.3, -0.25) is 10.1 Å². The summed E-state index contributed by atoms with van der Waals surface area (Å²) < 4.78 is 54.9. The molecule has 0 aromatic heterocycles. The molecular formula is C11H20F3NO5. The van der Waals surface area contributed by atoms with Crippen LogP contribution in [-0.2, 0) is 23.7 Å². The van der Waals surface area contributed by atoms with Crippen LogP contribution in [0.3, 0.4) is 0 Å². The molecule has 0 aromatic carbocycles. The maximum absolute atomic E-state index is 11.8. The summed E-state index contributed by atoms with van der Waals surface area (Å²) in [4.78, 5) is 11.0. The molecule has 6 nitrogen and oxygen atoms in total. The summed E-state index contributed by atoms with van der Waals surface area (Å²) in [6.07, 6.45) is -4.34. The molecule has 9 heteroatoms. The lowest BCUT2D eigenvalue weighted by Gasteiger charge is -2.09. The third-order valence-corrected chi connectivity index (χ3v) is 1.89. The van der Waals surface area contributed by atoms with E-state index in [1.165, 1.54) is 0 Å². The highest BCUT2D eigenvalue weighted by molar-refractivity contribution is 5.71. The summed E-state index contributed by atoms with van der Waals surface area (Å²) in [5.41, 5.74) is 0. The molecule has 0 aliphatic heterocycles. The van der Waals surface area contributed by atoms with E-state index in [1.54, 1.807) is 7.11 Å². The van der Waals surface area contributed by atoms with Crippen molar-refractivity contribution in [3.63, 3.8) is 0 Å². The van der Waals surface area contributed by atoms with Gasteiger partial charge in [0.15, 0.2) is 0 Å². The average Bonchev–Trinajstić information content (AvgIpc) is 2.35. The van der Waals surface area contributed by atoms with Crippen LogP contribution in [0.1, 0.15) is 0 Å². The molecule has 0 fully saturated rings. The topological polar surface area (TPSA) is 66.0 Å². The van der Waals surface area contributed by atoms with Gasteiger partial charge >= 0.3 is 12.1 Å². The molecule has 0 aliphatic rings. The van der Waals surface area contributed by atoms with E-state index in [0.29, 0.717) is 26.4 Å². The highest BCUT2D eigenvalue weighted by Crippen LogP contribution is 2.11. The molecule has 0 bridgehead atoms. The van der Waals surface area contributed by atoms with Crippen molar-refractivity contribution in [3.8, 4) is 0 Å². The number of hydrogen-bond acceptors (Lipinski definition) is 6. The largest absolute Gasteiger partial charge is 0.462 e.